The summed E-state index contributed by atoms with van der Waals surface area (Å²) in [5.41, 5.74) is 2.07. The smallest absolute Gasteiger partial charge is 0.202 e. The summed E-state index contributed by atoms with van der Waals surface area (Å²) in [6.07, 6.45) is 1.63. The molecule has 3 heterocycles. The van der Waals surface area contributed by atoms with Gasteiger partial charge in [0.25, 0.3) is 0 Å². The molecule has 1 fully saturated rings. The number of ether oxygens (including phenoxy) is 2. The Morgan fingerprint density at radius 3 is 2.39 bits per heavy atom. The maximum atomic E-state index is 5.50. The number of piperazine rings is 1. The summed E-state index contributed by atoms with van der Waals surface area (Å²) >= 11 is 0. The first-order valence-corrected chi connectivity index (χ1v) is 9.40. The van der Waals surface area contributed by atoms with E-state index in [4.69, 9.17) is 18.4 Å². The Morgan fingerprint density at radius 1 is 0.929 bits per heavy atom. The van der Waals surface area contributed by atoms with E-state index >= 15 is 0 Å². The molecule has 0 spiro atoms. The lowest BCUT2D eigenvalue weighted by molar-refractivity contribution is 0.119. The zero-order valence-corrected chi connectivity index (χ0v) is 16.3. The number of hydrogen-bond donors (Lipinski definition) is 0. The predicted molar refractivity (Wildman–Crippen MR) is 104 cm³/mol. The standard InChI is InChI=1S/C21H25N3O4/c1-25-18-5-6-19(26-2)16(12-18)14-23-7-9-24(10-8-23)15-17-13-21(28-22-17)20-4-3-11-27-20/h3-6,11-13H,7-10,14-15H2,1-2H3. The third-order valence-corrected chi connectivity index (χ3v) is 5.06. The number of rotatable bonds is 7. The highest BCUT2D eigenvalue weighted by atomic mass is 16.5. The molecule has 7 heteroatoms. The molecule has 148 valence electrons. The van der Waals surface area contributed by atoms with Crippen LogP contribution in [0.3, 0.4) is 0 Å². The molecule has 1 aliphatic rings. The Kier molecular flexibility index (Phi) is 5.64. The van der Waals surface area contributed by atoms with Crippen molar-refractivity contribution in [2.45, 2.75) is 13.1 Å². The fourth-order valence-electron chi connectivity index (χ4n) is 3.50. The van der Waals surface area contributed by atoms with E-state index in [1.54, 1.807) is 20.5 Å². The highest BCUT2D eigenvalue weighted by Gasteiger charge is 2.20. The van der Waals surface area contributed by atoms with Crippen molar-refractivity contribution < 1.29 is 18.4 Å². The molecule has 1 aromatic carbocycles. The molecule has 1 saturated heterocycles. The first-order chi connectivity index (χ1) is 13.7. The highest BCUT2D eigenvalue weighted by molar-refractivity contribution is 5.49. The van der Waals surface area contributed by atoms with Crippen LogP contribution >= 0.6 is 0 Å². The summed E-state index contributed by atoms with van der Waals surface area (Å²) in [5, 5.41) is 4.17. The maximum Gasteiger partial charge on any atom is 0.202 e. The average Bonchev–Trinajstić information content (AvgIpc) is 3.41. The minimum atomic E-state index is 0.670. The van der Waals surface area contributed by atoms with Crippen LogP contribution in [0.5, 0.6) is 11.5 Å². The average molecular weight is 383 g/mol. The van der Waals surface area contributed by atoms with Gasteiger partial charge in [-0.3, -0.25) is 9.80 Å². The Bertz CT molecular complexity index is 883. The second-order valence-corrected chi connectivity index (χ2v) is 6.89. The van der Waals surface area contributed by atoms with Crippen molar-refractivity contribution >= 4 is 0 Å². The maximum absolute atomic E-state index is 5.50. The van der Waals surface area contributed by atoms with E-state index in [0.29, 0.717) is 11.5 Å². The molecule has 0 unspecified atom stereocenters. The van der Waals surface area contributed by atoms with Gasteiger partial charge in [0.2, 0.25) is 5.76 Å². The minimum absolute atomic E-state index is 0.670. The normalized spacial score (nSPS) is 15.6. The van der Waals surface area contributed by atoms with Crippen LogP contribution in [0.25, 0.3) is 11.5 Å². The van der Waals surface area contributed by atoms with Crippen molar-refractivity contribution in [1.82, 2.24) is 15.0 Å². The molecule has 0 radical (unpaired) electrons. The second-order valence-electron chi connectivity index (χ2n) is 6.89. The van der Waals surface area contributed by atoms with Crippen molar-refractivity contribution in [3.05, 3.63) is 53.9 Å². The van der Waals surface area contributed by atoms with Gasteiger partial charge in [0.05, 0.1) is 26.2 Å². The lowest BCUT2D eigenvalue weighted by atomic mass is 10.1. The highest BCUT2D eigenvalue weighted by Crippen LogP contribution is 2.26. The van der Waals surface area contributed by atoms with Crippen LogP contribution in [0.4, 0.5) is 0 Å². The Labute approximate surface area is 164 Å². The van der Waals surface area contributed by atoms with Crippen molar-refractivity contribution in [2.75, 3.05) is 40.4 Å². The quantitative estimate of drug-likeness (QED) is 0.620. The van der Waals surface area contributed by atoms with Crippen molar-refractivity contribution in [2.24, 2.45) is 0 Å². The fraction of sp³-hybridized carbons (Fsp3) is 0.381. The first-order valence-electron chi connectivity index (χ1n) is 9.40. The van der Waals surface area contributed by atoms with Crippen LogP contribution in [0, 0.1) is 0 Å². The monoisotopic (exact) mass is 383 g/mol. The van der Waals surface area contributed by atoms with Gasteiger partial charge in [0.1, 0.15) is 11.5 Å². The number of hydrogen-bond acceptors (Lipinski definition) is 7. The van der Waals surface area contributed by atoms with Crippen molar-refractivity contribution in [3.8, 4) is 23.0 Å². The number of aromatic nitrogens is 1. The molecule has 0 saturated carbocycles. The molecule has 2 aromatic heterocycles. The van der Waals surface area contributed by atoms with E-state index in [-0.39, 0.29) is 0 Å². The van der Waals surface area contributed by atoms with E-state index in [9.17, 15) is 0 Å². The van der Waals surface area contributed by atoms with Gasteiger partial charge in [0, 0.05) is 50.9 Å². The van der Waals surface area contributed by atoms with Crippen LogP contribution in [0.2, 0.25) is 0 Å². The van der Waals surface area contributed by atoms with Gasteiger partial charge >= 0.3 is 0 Å². The predicted octanol–water partition coefficient (Wildman–Crippen LogP) is 3.27. The van der Waals surface area contributed by atoms with Crippen LogP contribution < -0.4 is 9.47 Å². The Balaban J connectivity index is 1.31. The number of furan rings is 1. The molecule has 0 N–H and O–H groups in total. The van der Waals surface area contributed by atoms with E-state index in [0.717, 1.165) is 62.0 Å². The molecule has 0 bridgehead atoms. The topological polar surface area (TPSA) is 64.1 Å². The fourth-order valence-corrected chi connectivity index (χ4v) is 3.50. The van der Waals surface area contributed by atoms with Crippen LogP contribution in [-0.4, -0.2) is 55.4 Å². The summed E-state index contributed by atoms with van der Waals surface area (Å²) in [4.78, 5) is 4.83. The molecular weight excluding hydrogens is 358 g/mol. The van der Waals surface area contributed by atoms with Crippen molar-refractivity contribution in [1.29, 1.82) is 0 Å². The second kappa shape index (κ2) is 8.50. The molecule has 3 aromatic rings. The van der Waals surface area contributed by atoms with Crippen LogP contribution in [0.1, 0.15) is 11.3 Å². The zero-order valence-electron chi connectivity index (χ0n) is 16.3. The Hall–Kier alpha value is -2.77. The minimum Gasteiger partial charge on any atom is -0.497 e. The lowest BCUT2D eigenvalue weighted by Gasteiger charge is -2.34. The largest absolute Gasteiger partial charge is 0.497 e. The third kappa shape index (κ3) is 4.21. The number of benzene rings is 1. The van der Waals surface area contributed by atoms with Crippen molar-refractivity contribution in [3.63, 3.8) is 0 Å². The first kappa shape index (κ1) is 18.6. The molecule has 28 heavy (non-hydrogen) atoms. The van der Waals surface area contributed by atoms with E-state index in [2.05, 4.69) is 21.0 Å². The lowest BCUT2D eigenvalue weighted by Crippen LogP contribution is -2.45. The van der Waals surface area contributed by atoms with Gasteiger partial charge in [-0.15, -0.1) is 0 Å². The molecule has 0 atom stereocenters. The van der Waals surface area contributed by atoms with Crippen LogP contribution in [0.15, 0.2) is 51.6 Å². The zero-order chi connectivity index (χ0) is 19.3. The van der Waals surface area contributed by atoms with Gasteiger partial charge < -0.3 is 18.4 Å². The van der Waals surface area contributed by atoms with Gasteiger partial charge in [-0.2, -0.15) is 0 Å². The summed E-state index contributed by atoms with van der Waals surface area (Å²) in [7, 11) is 3.39. The molecular formula is C21H25N3O4. The van der Waals surface area contributed by atoms with E-state index < -0.39 is 0 Å². The number of methoxy groups -OCH3 is 2. The summed E-state index contributed by atoms with van der Waals surface area (Å²) < 4.78 is 21.6. The Morgan fingerprint density at radius 2 is 1.71 bits per heavy atom. The molecule has 0 aliphatic carbocycles. The SMILES string of the molecule is COc1ccc(OC)c(CN2CCN(Cc3cc(-c4ccco4)on3)CC2)c1. The van der Waals surface area contributed by atoms with E-state index in [1.165, 1.54) is 0 Å². The van der Waals surface area contributed by atoms with Crippen LogP contribution in [-0.2, 0) is 13.1 Å². The number of nitrogens with zero attached hydrogens (tertiary/aromatic N) is 3. The summed E-state index contributed by atoms with van der Waals surface area (Å²) in [5.74, 6) is 3.13. The van der Waals surface area contributed by atoms with Gasteiger partial charge in [-0.05, 0) is 30.3 Å². The van der Waals surface area contributed by atoms with Gasteiger partial charge in [0.15, 0.2) is 5.76 Å². The molecule has 4 rings (SSSR count). The summed E-state index contributed by atoms with van der Waals surface area (Å²) in [6, 6.07) is 11.6. The molecule has 1 aliphatic heterocycles. The molecule has 0 amide bonds. The third-order valence-electron chi connectivity index (χ3n) is 5.06. The van der Waals surface area contributed by atoms with Gasteiger partial charge in [-0.1, -0.05) is 5.16 Å². The summed E-state index contributed by atoms with van der Waals surface area (Å²) in [6.45, 7) is 5.57. The van der Waals surface area contributed by atoms with E-state index in [1.807, 2.05) is 30.3 Å². The molecule has 7 nitrogen and oxygen atoms in total. The van der Waals surface area contributed by atoms with Gasteiger partial charge in [-0.25, -0.2) is 0 Å².